The lowest BCUT2D eigenvalue weighted by Gasteiger charge is -2.18. The van der Waals surface area contributed by atoms with E-state index in [1.807, 2.05) is 12.1 Å². The Morgan fingerprint density at radius 3 is 2.21 bits per heavy atom. The van der Waals surface area contributed by atoms with Crippen molar-refractivity contribution >= 4 is 6.29 Å². The molecule has 0 aliphatic carbocycles. The Kier molecular flexibility index (Phi) is 4.71. The summed E-state index contributed by atoms with van der Waals surface area (Å²) in [6.07, 6.45) is -4.37. The van der Waals surface area contributed by atoms with E-state index in [-0.39, 0.29) is 28.7 Å². The van der Waals surface area contributed by atoms with E-state index in [4.69, 9.17) is 5.26 Å². The number of rotatable bonds is 3. The summed E-state index contributed by atoms with van der Waals surface area (Å²) in [4.78, 5) is 10.7. The van der Waals surface area contributed by atoms with E-state index in [1.165, 1.54) is 31.2 Å². The first-order valence-electron chi connectivity index (χ1n) is 6.91. The summed E-state index contributed by atoms with van der Waals surface area (Å²) in [7, 11) is 0. The fraction of sp³-hybridized carbons (Fsp3) is 0.167. The Bertz CT molecular complexity index is 870. The van der Waals surface area contributed by atoms with Crippen LogP contribution in [-0.2, 0) is 17.4 Å². The summed E-state index contributed by atoms with van der Waals surface area (Å²) in [6.45, 7) is 1.52. The molecule has 0 aromatic heterocycles. The molecule has 0 unspecified atom stereocenters. The highest BCUT2D eigenvalue weighted by Crippen LogP contribution is 2.41. The average molecular weight is 328 g/mol. The van der Waals surface area contributed by atoms with E-state index in [0.29, 0.717) is 17.4 Å². The van der Waals surface area contributed by atoms with Crippen LogP contribution in [0.4, 0.5) is 13.2 Å². The van der Waals surface area contributed by atoms with Gasteiger partial charge in [-0.3, -0.25) is 0 Å². The fourth-order valence-corrected chi connectivity index (χ4v) is 2.51. The zero-order valence-electron chi connectivity index (χ0n) is 12.6. The minimum atomic E-state index is -4.68. The number of alkyl halides is 3. The van der Waals surface area contributed by atoms with Crippen molar-refractivity contribution in [3.05, 3.63) is 58.1 Å². The zero-order valence-corrected chi connectivity index (χ0v) is 12.6. The van der Waals surface area contributed by atoms with Crippen molar-refractivity contribution in [1.29, 1.82) is 10.5 Å². The molecule has 0 saturated heterocycles. The van der Waals surface area contributed by atoms with Gasteiger partial charge < -0.3 is 4.79 Å². The van der Waals surface area contributed by atoms with Crippen molar-refractivity contribution in [2.75, 3.05) is 0 Å². The van der Waals surface area contributed by atoms with Gasteiger partial charge in [0, 0.05) is 12.0 Å². The average Bonchev–Trinajstić information content (AvgIpc) is 2.55. The smallest absolute Gasteiger partial charge is 0.303 e. The second kappa shape index (κ2) is 6.55. The molecule has 120 valence electrons. The molecule has 0 aliphatic rings. The molecular weight excluding hydrogens is 317 g/mol. The van der Waals surface area contributed by atoms with Crippen LogP contribution < -0.4 is 0 Å². The summed E-state index contributed by atoms with van der Waals surface area (Å²) < 4.78 is 40.5. The normalized spacial score (nSPS) is 10.8. The first kappa shape index (κ1) is 17.2. The third-order valence-electron chi connectivity index (χ3n) is 3.72. The maximum absolute atomic E-state index is 13.5. The number of carbonyl (C=O) groups excluding carboxylic acids is 1. The molecule has 0 radical (unpaired) electrons. The molecule has 0 heterocycles. The van der Waals surface area contributed by atoms with Crippen LogP contribution in [-0.4, -0.2) is 6.29 Å². The van der Waals surface area contributed by atoms with E-state index in [1.54, 1.807) is 0 Å². The van der Waals surface area contributed by atoms with Crippen molar-refractivity contribution in [2.24, 2.45) is 0 Å². The summed E-state index contributed by atoms with van der Waals surface area (Å²) in [6, 6.07) is 10.2. The molecule has 0 atom stereocenters. The number of benzene rings is 2. The van der Waals surface area contributed by atoms with Gasteiger partial charge in [-0.15, -0.1) is 0 Å². The number of halogens is 3. The van der Waals surface area contributed by atoms with Gasteiger partial charge in [-0.05, 0) is 41.8 Å². The van der Waals surface area contributed by atoms with Gasteiger partial charge in [-0.2, -0.15) is 23.7 Å². The number of nitrogens with zero attached hydrogens (tertiary/aromatic N) is 2. The lowest BCUT2D eigenvalue weighted by atomic mass is 9.87. The molecule has 0 fully saturated rings. The van der Waals surface area contributed by atoms with Gasteiger partial charge in [-0.1, -0.05) is 12.1 Å². The van der Waals surface area contributed by atoms with Crippen molar-refractivity contribution < 1.29 is 18.0 Å². The number of carbonyl (C=O) groups is 1. The molecule has 2 aromatic rings. The number of hydrogen-bond acceptors (Lipinski definition) is 3. The minimum Gasteiger partial charge on any atom is -0.303 e. The Hall–Kier alpha value is -3.12. The standard InChI is InChI=1S/C18H11F3N2O/c1-11-14(6-7-24)8-16(18(19,20)21)17(15(11)10-23)13-4-2-12(9-22)3-5-13/h2-5,7-8H,6H2,1H3. The van der Waals surface area contributed by atoms with Gasteiger partial charge in [0.05, 0.1) is 22.8 Å². The maximum Gasteiger partial charge on any atom is 0.417 e. The molecule has 2 aromatic carbocycles. The second-order valence-electron chi connectivity index (χ2n) is 5.13. The van der Waals surface area contributed by atoms with Crippen molar-refractivity contribution in [2.45, 2.75) is 19.5 Å². The molecule has 0 spiro atoms. The van der Waals surface area contributed by atoms with E-state index >= 15 is 0 Å². The van der Waals surface area contributed by atoms with Crippen molar-refractivity contribution in [3.63, 3.8) is 0 Å². The Balaban J connectivity index is 2.86. The number of nitriles is 2. The van der Waals surface area contributed by atoms with Crippen LogP contribution in [0.3, 0.4) is 0 Å². The Morgan fingerprint density at radius 2 is 1.75 bits per heavy atom. The monoisotopic (exact) mass is 328 g/mol. The third-order valence-corrected chi connectivity index (χ3v) is 3.72. The van der Waals surface area contributed by atoms with Crippen LogP contribution in [0.25, 0.3) is 11.1 Å². The summed E-state index contributed by atoms with van der Waals surface area (Å²) in [5.74, 6) is 0. The van der Waals surface area contributed by atoms with E-state index in [2.05, 4.69) is 0 Å². The molecular formula is C18H11F3N2O. The van der Waals surface area contributed by atoms with Gasteiger partial charge >= 0.3 is 6.18 Å². The fourth-order valence-electron chi connectivity index (χ4n) is 2.51. The molecule has 0 amide bonds. The van der Waals surface area contributed by atoms with Gasteiger partial charge in [0.2, 0.25) is 0 Å². The minimum absolute atomic E-state index is 0.119. The summed E-state index contributed by atoms with van der Waals surface area (Å²) in [5.41, 5.74) is -0.304. The molecule has 0 N–H and O–H groups in total. The van der Waals surface area contributed by atoms with Gasteiger partial charge in [-0.25, -0.2) is 0 Å². The predicted molar refractivity (Wildman–Crippen MR) is 80.8 cm³/mol. The first-order chi connectivity index (χ1) is 11.3. The van der Waals surface area contributed by atoms with Crippen LogP contribution >= 0.6 is 0 Å². The molecule has 3 nitrogen and oxygen atoms in total. The number of aldehydes is 1. The number of hydrogen-bond donors (Lipinski definition) is 0. The highest BCUT2D eigenvalue weighted by molar-refractivity contribution is 5.78. The van der Waals surface area contributed by atoms with E-state index in [9.17, 15) is 23.2 Å². The molecule has 6 heteroatoms. The van der Waals surface area contributed by atoms with Crippen LogP contribution in [0.15, 0.2) is 30.3 Å². The first-order valence-corrected chi connectivity index (χ1v) is 6.91. The predicted octanol–water partition coefficient (Wildman–Crippen LogP) is 4.17. The Labute approximate surface area is 136 Å². The second-order valence-corrected chi connectivity index (χ2v) is 5.13. The molecule has 0 saturated carbocycles. The van der Waals surface area contributed by atoms with Gasteiger partial charge in [0.25, 0.3) is 0 Å². The van der Waals surface area contributed by atoms with Gasteiger partial charge in [0.15, 0.2) is 0 Å². The van der Waals surface area contributed by atoms with Crippen LogP contribution in [0, 0.1) is 29.6 Å². The van der Waals surface area contributed by atoms with Crippen molar-refractivity contribution in [3.8, 4) is 23.3 Å². The highest BCUT2D eigenvalue weighted by Gasteiger charge is 2.36. The molecule has 0 bridgehead atoms. The van der Waals surface area contributed by atoms with Crippen LogP contribution in [0.1, 0.15) is 27.8 Å². The topological polar surface area (TPSA) is 64.7 Å². The zero-order chi connectivity index (χ0) is 17.9. The summed E-state index contributed by atoms with van der Waals surface area (Å²) in [5, 5.41) is 18.2. The SMILES string of the molecule is Cc1c(CC=O)cc(C(F)(F)F)c(-c2ccc(C#N)cc2)c1C#N. The Morgan fingerprint density at radius 1 is 1.12 bits per heavy atom. The molecule has 2 rings (SSSR count). The highest BCUT2D eigenvalue weighted by atomic mass is 19.4. The van der Waals surface area contributed by atoms with Crippen LogP contribution in [0.5, 0.6) is 0 Å². The molecule has 24 heavy (non-hydrogen) atoms. The molecule has 0 aliphatic heterocycles. The third kappa shape index (κ3) is 3.13. The van der Waals surface area contributed by atoms with Gasteiger partial charge in [0.1, 0.15) is 12.4 Å². The largest absolute Gasteiger partial charge is 0.417 e. The van der Waals surface area contributed by atoms with E-state index in [0.717, 1.165) is 6.07 Å². The lowest BCUT2D eigenvalue weighted by molar-refractivity contribution is -0.137. The van der Waals surface area contributed by atoms with E-state index < -0.39 is 11.7 Å². The van der Waals surface area contributed by atoms with Crippen LogP contribution in [0.2, 0.25) is 0 Å². The quantitative estimate of drug-likeness (QED) is 0.795. The lowest BCUT2D eigenvalue weighted by Crippen LogP contribution is -2.11. The van der Waals surface area contributed by atoms with Crippen molar-refractivity contribution in [1.82, 2.24) is 0 Å². The maximum atomic E-state index is 13.5. The summed E-state index contributed by atoms with van der Waals surface area (Å²) >= 11 is 0.